The molecule has 1 aliphatic carbocycles. The summed E-state index contributed by atoms with van der Waals surface area (Å²) in [5.41, 5.74) is 0.0336. The average molecular weight is 358 g/mol. The second-order valence-corrected chi connectivity index (χ2v) is 7.27. The van der Waals surface area contributed by atoms with Crippen molar-refractivity contribution in [2.24, 2.45) is 0 Å². The van der Waals surface area contributed by atoms with Gasteiger partial charge in [0.25, 0.3) is 0 Å². The van der Waals surface area contributed by atoms with Crippen LogP contribution in [0.5, 0.6) is 0 Å². The van der Waals surface area contributed by atoms with Gasteiger partial charge >= 0.3 is 5.97 Å². The number of carbonyl (C=O) groups excluding carboxylic acids is 2. The SMILES string of the molecule is CCOC(=O)C1(NC(=O)/C=C/c2nc3ccccc3s2)CCCCC1. The minimum atomic E-state index is -0.886. The lowest BCUT2D eigenvalue weighted by Crippen LogP contribution is -2.56. The molecular formula is C19H22N2O3S. The van der Waals surface area contributed by atoms with Crippen molar-refractivity contribution in [3.63, 3.8) is 0 Å². The van der Waals surface area contributed by atoms with Gasteiger partial charge < -0.3 is 10.1 Å². The fraction of sp³-hybridized carbons (Fsp3) is 0.421. The summed E-state index contributed by atoms with van der Waals surface area (Å²) in [6, 6.07) is 7.85. The highest BCUT2D eigenvalue weighted by atomic mass is 32.1. The highest BCUT2D eigenvalue weighted by Gasteiger charge is 2.41. The van der Waals surface area contributed by atoms with Gasteiger partial charge in [0.1, 0.15) is 10.5 Å². The third-order valence-electron chi connectivity index (χ3n) is 4.42. The zero-order chi connectivity index (χ0) is 17.7. The zero-order valence-electron chi connectivity index (χ0n) is 14.3. The molecule has 1 aromatic heterocycles. The Morgan fingerprint density at radius 1 is 1.28 bits per heavy atom. The largest absolute Gasteiger partial charge is 0.464 e. The monoisotopic (exact) mass is 358 g/mol. The predicted octanol–water partition coefficient (Wildman–Crippen LogP) is 3.69. The van der Waals surface area contributed by atoms with Crippen molar-refractivity contribution in [2.45, 2.75) is 44.6 Å². The molecule has 0 bridgehead atoms. The summed E-state index contributed by atoms with van der Waals surface area (Å²) in [7, 11) is 0. The van der Waals surface area contributed by atoms with Crippen molar-refractivity contribution in [2.75, 3.05) is 6.61 Å². The first kappa shape index (κ1) is 17.6. The van der Waals surface area contributed by atoms with E-state index in [-0.39, 0.29) is 11.9 Å². The minimum absolute atomic E-state index is 0.283. The fourth-order valence-electron chi connectivity index (χ4n) is 3.19. The number of thiazole rings is 1. The zero-order valence-corrected chi connectivity index (χ0v) is 15.1. The first-order valence-corrected chi connectivity index (χ1v) is 9.48. The fourth-order valence-corrected chi connectivity index (χ4v) is 4.06. The van der Waals surface area contributed by atoms with Crippen LogP contribution < -0.4 is 5.32 Å². The van der Waals surface area contributed by atoms with E-state index in [0.717, 1.165) is 34.5 Å². The van der Waals surface area contributed by atoms with Crippen LogP contribution in [-0.2, 0) is 14.3 Å². The highest BCUT2D eigenvalue weighted by Crippen LogP contribution is 2.29. The van der Waals surface area contributed by atoms with Crippen LogP contribution >= 0.6 is 11.3 Å². The topological polar surface area (TPSA) is 68.3 Å². The van der Waals surface area contributed by atoms with Gasteiger partial charge in [0.05, 0.1) is 16.8 Å². The summed E-state index contributed by atoms with van der Waals surface area (Å²) in [6.07, 6.45) is 7.33. The number of fused-ring (bicyclic) bond motifs is 1. The summed E-state index contributed by atoms with van der Waals surface area (Å²) in [5, 5.41) is 3.67. The van der Waals surface area contributed by atoms with Gasteiger partial charge in [-0.3, -0.25) is 4.79 Å². The Bertz CT molecular complexity index is 758. The van der Waals surface area contributed by atoms with E-state index >= 15 is 0 Å². The molecular weight excluding hydrogens is 336 g/mol. The standard InChI is InChI=1S/C19H22N2O3S/c1-2-24-18(23)19(12-6-3-7-13-19)21-16(22)10-11-17-20-14-8-4-5-9-15(14)25-17/h4-5,8-11H,2-3,6-7,12-13H2,1H3,(H,21,22)/b11-10+. The molecule has 1 saturated carbocycles. The molecule has 3 rings (SSSR count). The predicted molar refractivity (Wildman–Crippen MR) is 99.2 cm³/mol. The Balaban J connectivity index is 1.71. The van der Waals surface area contributed by atoms with E-state index in [0.29, 0.717) is 19.4 Å². The molecule has 1 aromatic carbocycles. The molecule has 25 heavy (non-hydrogen) atoms. The van der Waals surface area contributed by atoms with Gasteiger partial charge in [0.15, 0.2) is 0 Å². The molecule has 6 heteroatoms. The molecule has 1 aliphatic rings. The van der Waals surface area contributed by atoms with Crippen LogP contribution in [0.1, 0.15) is 44.0 Å². The van der Waals surface area contributed by atoms with E-state index in [9.17, 15) is 9.59 Å². The third-order valence-corrected chi connectivity index (χ3v) is 5.43. The van der Waals surface area contributed by atoms with Crippen molar-refractivity contribution >= 4 is 39.5 Å². The van der Waals surface area contributed by atoms with E-state index in [4.69, 9.17) is 4.74 Å². The number of hydrogen-bond acceptors (Lipinski definition) is 5. The van der Waals surface area contributed by atoms with E-state index in [2.05, 4.69) is 10.3 Å². The maximum absolute atomic E-state index is 12.4. The molecule has 0 unspecified atom stereocenters. The molecule has 2 aromatic rings. The molecule has 1 N–H and O–H groups in total. The summed E-state index contributed by atoms with van der Waals surface area (Å²) in [6.45, 7) is 2.10. The average Bonchev–Trinajstić information content (AvgIpc) is 3.04. The first-order chi connectivity index (χ1) is 12.1. The van der Waals surface area contributed by atoms with Crippen LogP contribution in [0.25, 0.3) is 16.3 Å². The Morgan fingerprint density at radius 2 is 2.04 bits per heavy atom. The summed E-state index contributed by atoms with van der Waals surface area (Å²) >= 11 is 1.53. The Kier molecular flexibility index (Phi) is 5.48. The lowest BCUT2D eigenvalue weighted by molar-refractivity contribution is -0.154. The number of hydrogen-bond donors (Lipinski definition) is 1. The van der Waals surface area contributed by atoms with E-state index in [1.165, 1.54) is 17.4 Å². The van der Waals surface area contributed by atoms with Gasteiger partial charge in [-0.1, -0.05) is 31.4 Å². The number of amides is 1. The first-order valence-electron chi connectivity index (χ1n) is 8.66. The van der Waals surface area contributed by atoms with Gasteiger partial charge in [-0.15, -0.1) is 11.3 Å². The minimum Gasteiger partial charge on any atom is -0.464 e. The number of para-hydroxylation sites is 1. The van der Waals surface area contributed by atoms with Gasteiger partial charge in [0, 0.05) is 6.08 Å². The van der Waals surface area contributed by atoms with Crippen LogP contribution in [-0.4, -0.2) is 29.0 Å². The van der Waals surface area contributed by atoms with Gasteiger partial charge in [-0.2, -0.15) is 0 Å². The number of aromatic nitrogens is 1. The smallest absolute Gasteiger partial charge is 0.331 e. The summed E-state index contributed by atoms with van der Waals surface area (Å²) in [4.78, 5) is 29.2. The molecule has 1 fully saturated rings. The maximum atomic E-state index is 12.4. The van der Waals surface area contributed by atoms with E-state index in [1.807, 2.05) is 24.3 Å². The Morgan fingerprint density at radius 3 is 2.76 bits per heavy atom. The van der Waals surface area contributed by atoms with Crippen molar-refractivity contribution < 1.29 is 14.3 Å². The molecule has 1 heterocycles. The molecule has 0 spiro atoms. The van der Waals surface area contributed by atoms with Crippen LogP contribution in [0, 0.1) is 0 Å². The number of esters is 1. The van der Waals surface area contributed by atoms with E-state index < -0.39 is 5.54 Å². The van der Waals surface area contributed by atoms with E-state index in [1.54, 1.807) is 13.0 Å². The Labute approximate surface area is 151 Å². The molecule has 132 valence electrons. The van der Waals surface area contributed by atoms with Gasteiger partial charge in [-0.25, -0.2) is 9.78 Å². The number of nitrogens with one attached hydrogen (secondary N) is 1. The van der Waals surface area contributed by atoms with Crippen molar-refractivity contribution in [3.8, 4) is 0 Å². The number of nitrogens with zero attached hydrogens (tertiary/aromatic N) is 1. The molecule has 0 atom stereocenters. The second-order valence-electron chi connectivity index (χ2n) is 6.21. The highest BCUT2D eigenvalue weighted by molar-refractivity contribution is 7.19. The number of benzene rings is 1. The van der Waals surface area contributed by atoms with Crippen molar-refractivity contribution in [3.05, 3.63) is 35.3 Å². The van der Waals surface area contributed by atoms with Crippen molar-refractivity contribution in [1.29, 1.82) is 0 Å². The quantitative estimate of drug-likeness (QED) is 0.654. The van der Waals surface area contributed by atoms with Gasteiger partial charge in [-0.05, 0) is 38.0 Å². The number of ether oxygens (including phenoxy) is 1. The third kappa shape index (κ3) is 4.07. The Hall–Kier alpha value is -2.21. The molecule has 0 radical (unpaired) electrons. The van der Waals surface area contributed by atoms with Crippen LogP contribution in [0.4, 0.5) is 0 Å². The molecule has 1 amide bonds. The summed E-state index contributed by atoms with van der Waals surface area (Å²) in [5.74, 6) is -0.606. The lowest BCUT2D eigenvalue weighted by atomic mass is 9.81. The normalized spacial score (nSPS) is 16.8. The van der Waals surface area contributed by atoms with Crippen LogP contribution in [0.15, 0.2) is 30.3 Å². The van der Waals surface area contributed by atoms with Crippen LogP contribution in [0.2, 0.25) is 0 Å². The second kappa shape index (κ2) is 7.78. The number of rotatable bonds is 5. The molecule has 5 nitrogen and oxygen atoms in total. The maximum Gasteiger partial charge on any atom is 0.331 e. The van der Waals surface area contributed by atoms with Crippen LogP contribution in [0.3, 0.4) is 0 Å². The summed E-state index contributed by atoms with van der Waals surface area (Å²) < 4.78 is 6.28. The molecule has 0 saturated heterocycles. The lowest BCUT2D eigenvalue weighted by Gasteiger charge is -2.35. The van der Waals surface area contributed by atoms with Crippen molar-refractivity contribution in [1.82, 2.24) is 10.3 Å². The van der Waals surface area contributed by atoms with Gasteiger partial charge in [0.2, 0.25) is 5.91 Å². The molecule has 0 aliphatic heterocycles. The number of carbonyl (C=O) groups is 2.